The molecule has 1 aromatic carbocycles. The number of hydrogen-bond acceptors (Lipinski definition) is 3. The number of benzene rings is 1. The average molecular weight is 324 g/mol. The van der Waals surface area contributed by atoms with Crippen LogP contribution >= 0.6 is 15.9 Å². The first-order chi connectivity index (χ1) is 9.04. The van der Waals surface area contributed by atoms with E-state index in [0.717, 1.165) is 22.2 Å². The lowest BCUT2D eigenvalue weighted by Crippen LogP contribution is -2.17. The van der Waals surface area contributed by atoms with Gasteiger partial charge in [0.05, 0.1) is 10.7 Å². The average Bonchev–Trinajstić information content (AvgIpc) is 2.73. The second-order valence-corrected chi connectivity index (χ2v) is 5.61. The van der Waals surface area contributed by atoms with Crippen molar-refractivity contribution in [2.75, 3.05) is 0 Å². The van der Waals surface area contributed by atoms with Gasteiger partial charge in [0.1, 0.15) is 12.4 Å². The van der Waals surface area contributed by atoms with E-state index in [2.05, 4.69) is 27.1 Å². The van der Waals surface area contributed by atoms with Crippen molar-refractivity contribution in [3.8, 4) is 5.75 Å². The van der Waals surface area contributed by atoms with Crippen LogP contribution < -0.4 is 10.5 Å². The lowest BCUT2D eigenvalue weighted by atomic mass is 10.1. The number of aromatic nitrogens is 2. The zero-order valence-electron chi connectivity index (χ0n) is 11.1. The van der Waals surface area contributed by atoms with Crippen molar-refractivity contribution in [3.05, 3.63) is 46.2 Å². The monoisotopic (exact) mass is 323 g/mol. The Kier molecular flexibility index (Phi) is 4.61. The first kappa shape index (κ1) is 14.1. The lowest BCUT2D eigenvalue weighted by Gasteiger charge is -2.10. The van der Waals surface area contributed by atoms with Crippen LogP contribution in [0.3, 0.4) is 0 Å². The minimum Gasteiger partial charge on any atom is -0.488 e. The van der Waals surface area contributed by atoms with Gasteiger partial charge in [0.2, 0.25) is 0 Å². The normalized spacial score (nSPS) is 12.4. The summed E-state index contributed by atoms with van der Waals surface area (Å²) >= 11 is 3.53. The topological polar surface area (TPSA) is 53.1 Å². The van der Waals surface area contributed by atoms with E-state index in [-0.39, 0.29) is 6.04 Å². The molecule has 0 saturated heterocycles. The highest BCUT2D eigenvalue weighted by Crippen LogP contribution is 2.27. The molecule has 1 unspecified atom stereocenters. The molecular weight excluding hydrogens is 306 g/mol. The third kappa shape index (κ3) is 4.08. The molecule has 0 bridgehead atoms. The van der Waals surface area contributed by atoms with Crippen LogP contribution in [-0.2, 0) is 20.1 Å². The minimum atomic E-state index is 0.161. The van der Waals surface area contributed by atoms with Gasteiger partial charge in [0.25, 0.3) is 0 Å². The van der Waals surface area contributed by atoms with Crippen molar-refractivity contribution in [1.82, 2.24) is 9.78 Å². The van der Waals surface area contributed by atoms with Gasteiger partial charge in [-0.1, -0.05) is 6.07 Å². The molecule has 5 heteroatoms. The van der Waals surface area contributed by atoms with Crippen LogP contribution in [0.4, 0.5) is 0 Å². The molecule has 102 valence electrons. The number of nitrogens with two attached hydrogens (primary N) is 1. The van der Waals surface area contributed by atoms with E-state index in [4.69, 9.17) is 10.5 Å². The maximum atomic E-state index is 5.79. The fourth-order valence-electron chi connectivity index (χ4n) is 1.87. The van der Waals surface area contributed by atoms with E-state index in [1.807, 2.05) is 32.3 Å². The molecule has 0 saturated carbocycles. The molecular formula is C14H18BrN3O. The minimum absolute atomic E-state index is 0.161. The van der Waals surface area contributed by atoms with Gasteiger partial charge in [0.15, 0.2) is 0 Å². The summed E-state index contributed by atoms with van der Waals surface area (Å²) in [7, 11) is 1.89. The SMILES string of the molecule is CC(N)Cc1ccc(OCc2cnn(C)c2)c(Br)c1. The first-order valence-corrected chi connectivity index (χ1v) is 6.98. The lowest BCUT2D eigenvalue weighted by molar-refractivity contribution is 0.304. The number of rotatable bonds is 5. The van der Waals surface area contributed by atoms with Crippen LogP contribution in [0.15, 0.2) is 35.1 Å². The van der Waals surface area contributed by atoms with E-state index in [1.54, 1.807) is 10.9 Å². The number of ether oxygens (including phenoxy) is 1. The molecule has 0 spiro atoms. The van der Waals surface area contributed by atoms with Crippen LogP contribution in [0.1, 0.15) is 18.1 Å². The van der Waals surface area contributed by atoms with Gasteiger partial charge in [-0.3, -0.25) is 4.68 Å². The van der Waals surface area contributed by atoms with Crippen molar-refractivity contribution in [3.63, 3.8) is 0 Å². The molecule has 0 aliphatic carbocycles. The van der Waals surface area contributed by atoms with E-state index < -0.39 is 0 Å². The van der Waals surface area contributed by atoms with Crippen LogP contribution in [0.2, 0.25) is 0 Å². The van der Waals surface area contributed by atoms with Crippen molar-refractivity contribution in [1.29, 1.82) is 0 Å². The van der Waals surface area contributed by atoms with E-state index in [1.165, 1.54) is 5.56 Å². The quantitative estimate of drug-likeness (QED) is 0.920. The Balaban J connectivity index is 2.00. The van der Waals surface area contributed by atoms with Gasteiger partial charge >= 0.3 is 0 Å². The predicted octanol–water partition coefficient (Wildman–Crippen LogP) is 2.65. The zero-order chi connectivity index (χ0) is 13.8. The molecule has 0 aliphatic rings. The summed E-state index contributed by atoms with van der Waals surface area (Å²) in [6.45, 7) is 2.51. The van der Waals surface area contributed by atoms with Crippen LogP contribution in [-0.4, -0.2) is 15.8 Å². The molecule has 0 fully saturated rings. The zero-order valence-corrected chi connectivity index (χ0v) is 12.7. The Hall–Kier alpha value is -1.33. The maximum Gasteiger partial charge on any atom is 0.134 e. The highest BCUT2D eigenvalue weighted by Gasteiger charge is 2.05. The number of nitrogens with zero attached hydrogens (tertiary/aromatic N) is 2. The van der Waals surface area contributed by atoms with Gasteiger partial charge in [-0.05, 0) is 47.0 Å². The van der Waals surface area contributed by atoms with E-state index in [0.29, 0.717) is 6.61 Å². The molecule has 1 heterocycles. The summed E-state index contributed by atoms with van der Waals surface area (Å²) in [6, 6.07) is 6.24. The van der Waals surface area contributed by atoms with Gasteiger partial charge in [-0.2, -0.15) is 5.10 Å². The van der Waals surface area contributed by atoms with Crippen LogP contribution in [0, 0.1) is 0 Å². The van der Waals surface area contributed by atoms with Crippen molar-refractivity contribution in [2.45, 2.75) is 26.0 Å². The molecule has 4 nitrogen and oxygen atoms in total. The van der Waals surface area contributed by atoms with Gasteiger partial charge in [0, 0.05) is 24.8 Å². The first-order valence-electron chi connectivity index (χ1n) is 6.19. The highest BCUT2D eigenvalue weighted by molar-refractivity contribution is 9.10. The molecule has 0 aliphatic heterocycles. The Bertz CT molecular complexity index is 551. The summed E-state index contributed by atoms with van der Waals surface area (Å²) in [6.07, 6.45) is 4.61. The van der Waals surface area contributed by atoms with Gasteiger partial charge < -0.3 is 10.5 Å². The molecule has 2 rings (SSSR count). The summed E-state index contributed by atoms with van der Waals surface area (Å²) < 4.78 is 8.48. The number of hydrogen-bond donors (Lipinski definition) is 1. The second-order valence-electron chi connectivity index (χ2n) is 4.76. The smallest absolute Gasteiger partial charge is 0.134 e. The number of aryl methyl sites for hydroxylation is 1. The largest absolute Gasteiger partial charge is 0.488 e. The Labute approximate surface area is 121 Å². The Morgan fingerprint density at radius 2 is 2.21 bits per heavy atom. The predicted molar refractivity (Wildman–Crippen MR) is 79.0 cm³/mol. The third-order valence-corrected chi connectivity index (χ3v) is 3.33. The molecule has 0 radical (unpaired) electrons. The summed E-state index contributed by atoms with van der Waals surface area (Å²) in [5.41, 5.74) is 8.05. The summed E-state index contributed by atoms with van der Waals surface area (Å²) in [4.78, 5) is 0. The summed E-state index contributed by atoms with van der Waals surface area (Å²) in [5.74, 6) is 0.831. The molecule has 0 amide bonds. The third-order valence-electron chi connectivity index (χ3n) is 2.71. The van der Waals surface area contributed by atoms with Gasteiger partial charge in [-0.25, -0.2) is 0 Å². The molecule has 1 atom stereocenters. The van der Waals surface area contributed by atoms with Crippen molar-refractivity contribution >= 4 is 15.9 Å². The fraction of sp³-hybridized carbons (Fsp3) is 0.357. The van der Waals surface area contributed by atoms with Crippen LogP contribution in [0.25, 0.3) is 0 Å². The fourth-order valence-corrected chi connectivity index (χ4v) is 2.41. The number of halogens is 1. The second kappa shape index (κ2) is 6.21. The van der Waals surface area contributed by atoms with Crippen molar-refractivity contribution < 1.29 is 4.74 Å². The molecule has 2 N–H and O–H groups in total. The summed E-state index contributed by atoms with van der Waals surface area (Å²) in [5, 5.41) is 4.11. The Morgan fingerprint density at radius 3 is 2.79 bits per heavy atom. The van der Waals surface area contributed by atoms with Crippen LogP contribution in [0.5, 0.6) is 5.75 Å². The molecule has 19 heavy (non-hydrogen) atoms. The van der Waals surface area contributed by atoms with E-state index >= 15 is 0 Å². The van der Waals surface area contributed by atoms with Crippen molar-refractivity contribution in [2.24, 2.45) is 12.8 Å². The molecule has 1 aromatic heterocycles. The molecule has 2 aromatic rings. The van der Waals surface area contributed by atoms with E-state index in [9.17, 15) is 0 Å². The van der Waals surface area contributed by atoms with Gasteiger partial charge in [-0.15, -0.1) is 0 Å². The standard InChI is InChI=1S/C14H18BrN3O/c1-10(16)5-11-3-4-14(13(15)6-11)19-9-12-7-17-18(2)8-12/h3-4,6-8,10H,5,9,16H2,1-2H3. The highest BCUT2D eigenvalue weighted by atomic mass is 79.9. The maximum absolute atomic E-state index is 5.79. The Morgan fingerprint density at radius 1 is 1.42 bits per heavy atom.